The first-order chi connectivity index (χ1) is 18.2. The molecule has 2 N–H and O–H groups in total. The number of Topliss-reactive ketones (excluding diaryl/α,β-unsaturated/α-hetero) is 1. The molecule has 0 aliphatic carbocycles. The molecule has 15 nitrogen and oxygen atoms in total. The minimum atomic E-state index is -1.45. The monoisotopic (exact) mass is 570 g/mol. The fourth-order valence-electron chi connectivity index (χ4n) is 3.47. The van der Waals surface area contributed by atoms with Gasteiger partial charge in [-0.2, -0.15) is 0 Å². The van der Waals surface area contributed by atoms with Crippen LogP contribution in [-0.4, -0.2) is 88.8 Å². The van der Waals surface area contributed by atoms with E-state index in [4.69, 9.17) is 23.7 Å². The number of aromatic amines is 1. The third kappa shape index (κ3) is 8.88. The molecule has 1 saturated heterocycles. The van der Waals surface area contributed by atoms with Gasteiger partial charge in [-0.05, 0) is 13.2 Å². The van der Waals surface area contributed by atoms with Gasteiger partial charge in [0, 0.05) is 34.6 Å². The maximum absolute atomic E-state index is 12.8. The summed E-state index contributed by atoms with van der Waals surface area (Å²) in [6, 6.07) is 0. The van der Waals surface area contributed by atoms with E-state index in [1.807, 2.05) is 0 Å². The molecule has 5 atom stereocenters. The molecule has 0 saturated carbocycles. The van der Waals surface area contributed by atoms with E-state index in [2.05, 4.69) is 20.3 Å². The molecule has 0 bridgehead atoms. The van der Waals surface area contributed by atoms with Gasteiger partial charge in [0.05, 0.1) is 5.71 Å². The lowest BCUT2D eigenvalue weighted by atomic mass is 9.97. The van der Waals surface area contributed by atoms with Gasteiger partial charge in [-0.3, -0.25) is 33.8 Å². The second-order valence-electron chi connectivity index (χ2n) is 8.29. The molecular weight excluding hydrogens is 540 g/mol. The van der Waals surface area contributed by atoms with Crippen molar-refractivity contribution in [3.8, 4) is 0 Å². The number of H-pyrrole nitrogens is 1. The van der Waals surface area contributed by atoms with Crippen LogP contribution in [0.25, 0.3) is 0 Å². The fourth-order valence-corrected chi connectivity index (χ4v) is 3.85. The van der Waals surface area contributed by atoms with E-state index < -0.39 is 72.5 Å². The molecule has 0 unspecified atom stereocenters. The first kappa shape index (κ1) is 31.4. The highest BCUT2D eigenvalue weighted by molar-refractivity contribution is 7.98. The number of thioether (sulfide) groups is 1. The van der Waals surface area contributed by atoms with Crippen LogP contribution in [0.5, 0.6) is 0 Å². The Bertz CT molecular complexity index is 1210. The van der Waals surface area contributed by atoms with Crippen LogP contribution in [0.15, 0.2) is 14.9 Å². The summed E-state index contributed by atoms with van der Waals surface area (Å²) in [5.74, 6) is -3.62. The highest BCUT2D eigenvalue weighted by atomic mass is 32.2. The van der Waals surface area contributed by atoms with E-state index in [0.29, 0.717) is 0 Å². The van der Waals surface area contributed by atoms with Crippen molar-refractivity contribution in [1.29, 1.82) is 0 Å². The van der Waals surface area contributed by atoms with Crippen LogP contribution in [0.1, 0.15) is 41.5 Å². The third-order valence-electron chi connectivity index (χ3n) is 5.13. The number of anilines is 1. The molecule has 1 aromatic rings. The molecule has 1 fully saturated rings. The topological polar surface area (TPSA) is 202 Å². The molecule has 1 aliphatic rings. The smallest absolute Gasteiger partial charge is 0.303 e. The SMILES string of the molecule is CSc1nc(N[C@H]2O[C@@H](COC(C)=O)[C@@H](OC(C)=O)[C@@H](OC(C)=O)[C@H]2OC(C)=O)c(N=C(C)C(C)=O)c(=O)[nH]1. The van der Waals surface area contributed by atoms with Gasteiger partial charge in [-0.15, -0.1) is 0 Å². The Kier molecular flexibility index (Phi) is 11.2. The van der Waals surface area contributed by atoms with E-state index in [0.717, 1.165) is 39.5 Å². The third-order valence-corrected chi connectivity index (χ3v) is 5.71. The van der Waals surface area contributed by atoms with Gasteiger partial charge >= 0.3 is 23.9 Å². The summed E-state index contributed by atoms with van der Waals surface area (Å²) in [6.45, 7) is 6.67. The number of nitrogens with zero attached hydrogens (tertiary/aromatic N) is 2. The summed E-state index contributed by atoms with van der Waals surface area (Å²) in [5, 5.41) is 3.00. The molecule has 16 heteroatoms. The number of hydrogen-bond acceptors (Lipinski definition) is 15. The lowest BCUT2D eigenvalue weighted by Crippen LogP contribution is -2.64. The normalized spacial score (nSPS) is 22.8. The molecule has 1 aliphatic heterocycles. The number of ketones is 1. The van der Waals surface area contributed by atoms with Gasteiger partial charge < -0.3 is 29.0 Å². The molecule has 0 spiro atoms. The Balaban J connectivity index is 2.69. The zero-order chi connectivity index (χ0) is 29.4. The molecular formula is C23H30N4O11S. The van der Waals surface area contributed by atoms with Crippen molar-refractivity contribution in [3.63, 3.8) is 0 Å². The van der Waals surface area contributed by atoms with Crippen LogP contribution < -0.4 is 10.9 Å². The Morgan fingerprint density at radius 2 is 1.49 bits per heavy atom. The lowest BCUT2D eigenvalue weighted by molar-refractivity contribution is -0.247. The van der Waals surface area contributed by atoms with Crippen LogP contribution in [-0.2, 0) is 47.7 Å². The van der Waals surface area contributed by atoms with E-state index in [1.54, 1.807) is 6.26 Å². The summed E-state index contributed by atoms with van der Waals surface area (Å²) < 4.78 is 27.2. The molecule has 0 radical (unpaired) electrons. The average molecular weight is 571 g/mol. The number of aliphatic imine (C=N–C) groups is 1. The highest BCUT2D eigenvalue weighted by Gasteiger charge is 2.52. The summed E-state index contributed by atoms with van der Waals surface area (Å²) in [7, 11) is 0. The molecule has 1 aromatic heterocycles. The number of hydrogen-bond donors (Lipinski definition) is 2. The number of rotatable bonds is 10. The number of ether oxygens (including phenoxy) is 5. The van der Waals surface area contributed by atoms with Crippen molar-refractivity contribution in [2.45, 2.75) is 77.3 Å². The van der Waals surface area contributed by atoms with Gasteiger partial charge in [0.25, 0.3) is 5.56 Å². The van der Waals surface area contributed by atoms with Gasteiger partial charge in [-0.25, -0.2) is 9.98 Å². The van der Waals surface area contributed by atoms with Gasteiger partial charge in [0.2, 0.25) is 0 Å². The average Bonchev–Trinajstić information content (AvgIpc) is 2.82. The fraction of sp³-hybridized carbons (Fsp3) is 0.565. The largest absolute Gasteiger partial charge is 0.463 e. The van der Waals surface area contributed by atoms with E-state index >= 15 is 0 Å². The number of carbonyl (C=O) groups excluding carboxylic acids is 5. The first-order valence-corrected chi connectivity index (χ1v) is 12.8. The van der Waals surface area contributed by atoms with Gasteiger partial charge in [0.1, 0.15) is 12.7 Å². The Labute approximate surface area is 227 Å². The number of aromatic nitrogens is 2. The van der Waals surface area contributed by atoms with Crippen molar-refractivity contribution in [2.24, 2.45) is 4.99 Å². The van der Waals surface area contributed by atoms with Gasteiger partial charge in [0.15, 0.2) is 47.0 Å². The highest BCUT2D eigenvalue weighted by Crippen LogP contribution is 2.31. The van der Waals surface area contributed by atoms with Crippen molar-refractivity contribution in [1.82, 2.24) is 9.97 Å². The predicted octanol–water partition coefficient (Wildman–Crippen LogP) is 0.668. The van der Waals surface area contributed by atoms with E-state index in [1.165, 1.54) is 13.8 Å². The minimum Gasteiger partial charge on any atom is -0.463 e. The van der Waals surface area contributed by atoms with Crippen LogP contribution >= 0.6 is 11.8 Å². The van der Waals surface area contributed by atoms with E-state index in [-0.39, 0.29) is 22.4 Å². The molecule has 2 rings (SSSR count). The summed E-state index contributed by atoms with van der Waals surface area (Å²) in [5.41, 5.74) is -0.972. The summed E-state index contributed by atoms with van der Waals surface area (Å²) >= 11 is 1.10. The van der Waals surface area contributed by atoms with Crippen LogP contribution in [0.4, 0.5) is 11.5 Å². The maximum Gasteiger partial charge on any atom is 0.303 e. The molecule has 0 aromatic carbocycles. The Hall–Kier alpha value is -3.79. The quantitative estimate of drug-likeness (QED) is 0.131. The lowest BCUT2D eigenvalue weighted by Gasteiger charge is -2.44. The van der Waals surface area contributed by atoms with Crippen LogP contribution in [0.3, 0.4) is 0 Å². The molecule has 0 amide bonds. The molecule has 39 heavy (non-hydrogen) atoms. The number of esters is 4. The van der Waals surface area contributed by atoms with Crippen molar-refractivity contribution >= 4 is 58.6 Å². The number of carbonyl (C=O) groups is 5. The maximum atomic E-state index is 12.8. The zero-order valence-corrected chi connectivity index (χ0v) is 23.2. The summed E-state index contributed by atoms with van der Waals surface area (Å²) in [6.07, 6.45) is -5.22. The standard InChI is InChI=1S/C23H30N4O11S/c1-9(10(2)28)24-16-20(26-23(39-7)27-21(16)33)25-22-19(37-14(6)32)18(36-13(5)31)17(35-12(4)30)15(38-22)8-34-11(3)29/h15,17-19,22H,8H2,1-7H3,(H2,25,26,27,33)/t15-,17+,18+,19+,22-/m0/s1. The minimum absolute atomic E-state index is 0.00352. The molecule has 2 heterocycles. The predicted molar refractivity (Wildman–Crippen MR) is 136 cm³/mol. The van der Waals surface area contributed by atoms with Crippen molar-refractivity contribution < 1.29 is 47.7 Å². The van der Waals surface area contributed by atoms with Crippen molar-refractivity contribution in [3.05, 3.63) is 10.4 Å². The Morgan fingerprint density at radius 1 is 0.923 bits per heavy atom. The first-order valence-electron chi connectivity index (χ1n) is 11.5. The Morgan fingerprint density at radius 3 is 2.00 bits per heavy atom. The zero-order valence-electron chi connectivity index (χ0n) is 22.4. The molecule has 214 valence electrons. The van der Waals surface area contributed by atoms with Crippen LogP contribution in [0, 0.1) is 0 Å². The second-order valence-corrected chi connectivity index (χ2v) is 9.08. The number of nitrogens with one attached hydrogen (secondary N) is 2. The van der Waals surface area contributed by atoms with Gasteiger partial charge in [-0.1, -0.05) is 11.8 Å². The second kappa shape index (κ2) is 13.8. The van der Waals surface area contributed by atoms with E-state index in [9.17, 15) is 28.8 Å². The van der Waals surface area contributed by atoms with Crippen molar-refractivity contribution in [2.75, 3.05) is 18.2 Å². The van der Waals surface area contributed by atoms with Crippen LogP contribution in [0.2, 0.25) is 0 Å². The summed E-state index contributed by atoms with van der Waals surface area (Å²) in [4.78, 5) is 83.0.